The molecule has 0 aliphatic heterocycles. The maximum absolute atomic E-state index is 12.7. The number of amides is 5. The highest BCUT2D eigenvalue weighted by atomic mass is 16.5. The van der Waals surface area contributed by atoms with Crippen LogP contribution in [0.15, 0.2) is 24.3 Å². The van der Waals surface area contributed by atoms with E-state index in [1.165, 1.54) is 11.8 Å². The van der Waals surface area contributed by atoms with E-state index in [4.69, 9.17) is 4.74 Å². The van der Waals surface area contributed by atoms with Crippen LogP contribution in [-0.4, -0.2) is 60.0 Å². The monoisotopic (exact) mass is 546 g/mol. The molecule has 39 heavy (non-hydrogen) atoms. The number of nitrogens with zero attached hydrogens (tertiary/aromatic N) is 1. The van der Waals surface area contributed by atoms with Gasteiger partial charge >= 0.3 is 5.97 Å². The highest BCUT2D eigenvalue weighted by molar-refractivity contribution is 5.96. The first kappa shape index (κ1) is 33.3. The number of nitrogens with one attached hydrogen (secondary N) is 3. The van der Waals surface area contributed by atoms with Crippen LogP contribution in [0.3, 0.4) is 0 Å². The number of ether oxygens (including phenoxy) is 1. The summed E-state index contributed by atoms with van der Waals surface area (Å²) in [6.45, 7) is 8.77. The molecule has 0 aromatic heterocycles. The van der Waals surface area contributed by atoms with Crippen molar-refractivity contribution in [2.24, 2.45) is 11.8 Å². The van der Waals surface area contributed by atoms with Crippen molar-refractivity contribution in [3.05, 3.63) is 29.8 Å². The summed E-state index contributed by atoms with van der Waals surface area (Å²) in [5, 5.41) is 7.96. The number of carbonyl (C=O) groups is 6. The molecule has 2 atom stereocenters. The number of anilines is 1. The van der Waals surface area contributed by atoms with Gasteiger partial charge in [-0.05, 0) is 42.9 Å². The predicted molar refractivity (Wildman–Crippen MR) is 146 cm³/mol. The Morgan fingerprint density at radius 1 is 0.974 bits per heavy atom. The van der Waals surface area contributed by atoms with Gasteiger partial charge in [-0.25, -0.2) is 0 Å². The van der Waals surface area contributed by atoms with Crippen molar-refractivity contribution in [2.45, 2.75) is 79.4 Å². The summed E-state index contributed by atoms with van der Waals surface area (Å²) in [7, 11) is 0. The summed E-state index contributed by atoms with van der Waals surface area (Å²) in [6.07, 6.45) is 3.19. The Balaban J connectivity index is 2.42. The van der Waals surface area contributed by atoms with Crippen LogP contribution in [0.5, 0.6) is 0 Å². The third-order valence-electron chi connectivity index (χ3n) is 6.12. The van der Waals surface area contributed by atoms with Gasteiger partial charge in [0.05, 0.1) is 6.54 Å². The van der Waals surface area contributed by atoms with Crippen molar-refractivity contribution in [1.29, 1.82) is 0 Å². The summed E-state index contributed by atoms with van der Waals surface area (Å²) < 4.78 is 4.92. The highest BCUT2D eigenvalue weighted by Crippen LogP contribution is 2.11. The molecule has 0 heterocycles. The Kier molecular flexibility index (Phi) is 15.1. The molecule has 1 rings (SSSR count). The van der Waals surface area contributed by atoms with E-state index >= 15 is 0 Å². The number of esters is 1. The van der Waals surface area contributed by atoms with Crippen LogP contribution in [0.4, 0.5) is 5.69 Å². The molecule has 11 heteroatoms. The fraction of sp³-hybridized carbons (Fsp3) is 0.571. The minimum atomic E-state index is -0.801. The zero-order valence-corrected chi connectivity index (χ0v) is 23.6. The van der Waals surface area contributed by atoms with Crippen molar-refractivity contribution in [2.75, 3.05) is 18.4 Å². The number of imide groups is 1. The maximum atomic E-state index is 12.7. The van der Waals surface area contributed by atoms with Gasteiger partial charge in [0.2, 0.25) is 30.0 Å². The van der Waals surface area contributed by atoms with Crippen LogP contribution in [0.1, 0.15) is 72.3 Å². The van der Waals surface area contributed by atoms with Crippen LogP contribution < -0.4 is 16.0 Å². The lowest BCUT2D eigenvalue weighted by Crippen LogP contribution is -2.51. The second-order valence-corrected chi connectivity index (χ2v) is 9.79. The van der Waals surface area contributed by atoms with Gasteiger partial charge in [0.1, 0.15) is 12.6 Å². The van der Waals surface area contributed by atoms with E-state index in [9.17, 15) is 28.8 Å². The zero-order chi connectivity index (χ0) is 29.4. The van der Waals surface area contributed by atoms with Crippen LogP contribution in [0, 0.1) is 11.8 Å². The lowest BCUT2D eigenvalue weighted by Gasteiger charge is -2.22. The molecule has 0 fully saturated rings. The van der Waals surface area contributed by atoms with Crippen LogP contribution in [0.25, 0.3) is 0 Å². The lowest BCUT2D eigenvalue weighted by molar-refractivity contribution is -0.142. The lowest BCUT2D eigenvalue weighted by atomic mass is 10.0. The highest BCUT2D eigenvalue weighted by Gasteiger charge is 2.24. The molecule has 0 spiro atoms. The number of rotatable bonds is 17. The predicted octanol–water partition coefficient (Wildman–Crippen LogP) is 2.54. The van der Waals surface area contributed by atoms with E-state index in [1.807, 2.05) is 6.92 Å². The summed E-state index contributed by atoms with van der Waals surface area (Å²) >= 11 is 0. The molecule has 0 saturated carbocycles. The molecule has 0 aliphatic rings. The SMILES string of the molecule is CCC(C)C(=O)N(C=O)CCCCCC(=O)NC(C(=O)NCC(=O)Nc1ccc(COC(C)=O)cc1)C(C)C. The van der Waals surface area contributed by atoms with Gasteiger partial charge in [0.25, 0.3) is 0 Å². The van der Waals surface area contributed by atoms with Gasteiger partial charge in [-0.3, -0.25) is 33.7 Å². The van der Waals surface area contributed by atoms with Gasteiger partial charge in [-0.15, -0.1) is 0 Å². The van der Waals surface area contributed by atoms with Gasteiger partial charge < -0.3 is 20.7 Å². The van der Waals surface area contributed by atoms with Crippen LogP contribution in [0.2, 0.25) is 0 Å². The molecule has 1 aromatic carbocycles. The summed E-state index contributed by atoms with van der Waals surface area (Å²) in [4.78, 5) is 72.7. The normalized spacial score (nSPS) is 12.2. The molecule has 3 N–H and O–H groups in total. The second kappa shape index (κ2) is 17.7. The number of carbonyl (C=O) groups excluding carboxylic acids is 6. The average Bonchev–Trinajstić information content (AvgIpc) is 2.90. The molecule has 0 aliphatic carbocycles. The molecular formula is C28H42N4O7. The van der Waals surface area contributed by atoms with Crippen molar-refractivity contribution in [1.82, 2.24) is 15.5 Å². The van der Waals surface area contributed by atoms with Crippen molar-refractivity contribution in [3.63, 3.8) is 0 Å². The van der Waals surface area contributed by atoms with E-state index in [-0.39, 0.29) is 49.2 Å². The molecule has 5 amide bonds. The first-order valence-corrected chi connectivity index (χ1v) is 13.3. The largest absolute Gasteiger partial charge is 0.461 e. The van der Waals surface area contributed by atoms with E-state index in [0.29, 0.717) is 44.3 Å². The first-order chi connectivity index (χ1) is 18.5. The number of benzene rings is 1. The fourth-order valence-corrected chi connectivity index (χ4v) is 3.55. The number of hydrogen-bond acceptors (Lipinski definition) is 7. The minimum Gasteiger partial charge on any atom is -0.461 e. The molecule has 0 radical (unpaired) electrons. The first-order valence-electron chi connectivity index (χ1n) is 13.3. The maximum Gasteiger partial charge on any atom is 0.302 e. The fourth-order valence-electron chi connectivity index (χ4n) is 3.55. The average molecular weight is 547 g/mol. The van der Waals surface area contributed by atoms with Crippen molar-refractivity contribution >= 4 is 41.7 Å². The van der Waals surface area contributed by atoms with Gasteiger partial charge in [-0.1, -0.05) is 46.2 Å². The topological polar surface area (TPSA) is 151 Å². The van der Waals surface area contributed by atoms with Crippen LogP contribution in [-0.2, 0) is 40.1 Å². The summed E-state index contributed by atoms with van der Waals surface area (Å²) in [5.41, 5.74) is 1.29. The Bertz CT molecular complexity index is 979. The van der Waals surface area contributed by atoms with Gasteiger partial charge in [-0.2, -0.15) is 0 Å². The van der Waals surface area contributed by atoms with Gasteiger partial charge in [0, 0.05) is 31.5 Å². The van der Waals surface area contributed by atoms with E-state index in [0.717, 1.165) is 5.56 Å². The standard InChI is InChI=1S/C28H42N4O7/c1-6-20(4)28(38)32(18-33)15-9-7-8-10-24(35)31-26(19(2)3)27(37)29-16-25(36)30-23-13-11-22(12-14-23)17-39-21(5)34/h11-14,18-20,26H,6-10,15-17H2,1-5H3,(H,29,37)(H,30,36)(H,31,35). The Labute approximate surface area is 230 Å². The van der Waals surface area contributed by atoms with Crippen LogP contribution >= 0.6 is 0 Å². The molecule has 216 valence electrons. The smallest absolute Gasteiger partial charge is 0.302 e. The van der Waals surface area contributed by atoms with Crippen molar-refractivity contribution in [3.8, 4) is 0 Å². The van der Waals surface area contributed by atoms with Crippen molar-refractivity contribution < 1.29 is 33.5 Å². The minimum absolute atomic E-state index is 0.139. The van der Waals surface area contributed by atoms with Gasteiger partial charge in [0.15, 0.2) is 0 Å². The quantitative estimate of drug-likeness (QED) is 0.154. The molecule has 0 saturated heterocycles. The molecular weight excluding hydrogens is 504 g/mol. The van der Waals surface area contributed by atoms with E-state index in [2.05, 4.69) is 16.0 Å². The number of hydrogen-bond donors (Lipinski definition) is 3. The summed E-state index contributed by atoms with van der Waals surface area (Å²) in [6, 6.07) is 5.95. The third-order valence-corrected chi connectivity index (χ3v) is 6.12. The Hall–Kier alpha value is -3.76. The molecule has 2 unspecified atom stereocenters. The van der Waals surface area contributed by atoms with E-state index < -0.39 is 17.9 Å². The Morgan fingerprint density at radius 2 is 1.64 bits per heavy atom. The summed E-state index contributed by atoms with van der Waals surface area (Å²) in [5.74, 6) is -2.17. The zero-order valence-electron chi connectivity index (χ0n) is 23.6. The Morgan fingerprint density at radius 3 is 2.21 bits per heavy atom. The molecule has 0 bridgehead atoms. The third kappa shape index (κ3) is 13.0. The number of unbranched alkanes of at least 4 members (excludes halogenated alkanes) is 2. The second-order valence-electron chi connectivity index (χ2n) is 9.79. The molecule has 11 nitrogen and oxygen atoms in total. The van der Waals surface area contributed by atoms with E-state index in [1.54, 1.807) is 45.0 Å². The molecule has 1 aromatic rings.